The van der Waals surface area contributed by atoms with Crippen LogP contribution >= 0.6 is 35.3 Å². The lowest BCUT2D eigenvalue weighted by Crippen LogP contribution is -2.37. The van der Waals surface area contributed by atoms with Crippen LogP contribution in [0.5, 0.6) is 0 Å². The van der Waals surface area contributed by atoms with Crippen molar-refractivity contribution < 1.29 is 0 Å². The molecule has 2 aromatic heterocycles. The Morgan fingerprint density at radius 1 is 1.18 bits per heavy atom. The maximum atomic E-state index is 4.63. The molecule has 0 fully saturated rings. The van der Waals surface area contributed by atoms with E-state index in [1.54, 1.807) is 18.4 Å². The number of aliphatic imine (C=N–C) groups is 1. The quantitative estimate of drug-likeness (QED) is 0.219. The van der Waals surface area contributed by atoms with Gasteiger partial charge in [0.15, 0.2) is 5.96 Å². The zero-order valence-electron chi connectivity index (χ0n) is 16.5. The van der Waals surface area contributed by atoms with Crippen molar-refractivity contribution in [2.75, 3.05) is 13.6 Å². The smallest absolute Gasteiger partial charge is 0.191 e. The van der Waals surface area contributed by atoms with Gasteiger partial charge in [0, 0.05) is 30.9 Å². The first-order valence-corrected chi connectivity index (χ1v) is 9.94. The summed E-state index contributed by atoms with van der Waals surface area (Å²) in [6.07, 6.45) is 6.02. The topological polar surface area (TPSA) is 67.1 Å². The number of aryl methyl sites for hydroxylation is 3. The minimum Gasteiger partial charge on any atom is -0.356 e. The fourth-order valence-electron chi connectivity index (χ4n) is 2.80. The van der Waals surface area contributed by atoms with Crippen molar-refractivity contribution in [3.63, 3.8) is 0 Å². The highest BCUT2D eigenvalue weighted by Crippen LogP contribution is 2.13. The van der Waals surface area contributed by atoms with E-state index in [-0.39, 0.29) is 24.0 Å². The molecule has 0 aliphatic heterocycles. The molecule has 6 nitrogen and oxygen atoms in total. The summed E-state index contributed by atoms with van der Waals surface area (Å²) in [4.78, 5) is 9.85. The lowest BCUT2D eigenvalue weighted by molar-refractivity contribution is 0.739. The van der Waals surface area contributed by atoms with Gasteiger partial charge in [-0.15, -0.1) is 35.3 Å². The van der Waals surface area contributed by atoms with Crippen LogP contribution in [0.25, 0.3) is 5.69 Å². The van der Waals surface area contributed by atoms with E-state index in [4.69, 9.17) is 0 Å². The summed E-state index contributed by atoms with van der Waals surface area (Å²) in [6.45, 7) is 5.68. The monoisotopic (exact) mass is 510 g/mol. The lowest BCUT2D eigenvalue weighted by atomic mass is 10.1. The molecule has 0 spiro atoms. The van der Waals surface area contributed by atoms with Gasteiger partial charge >= 0.3 is 0 Å². The SMILES string of the molecule is CN=C(NCCCc1cn(-c2ccccc2)nc1C)NCc1ncc(C)s1.I. The highest BCUT2D eigenvalue weighted by molar-refractivity contribution is 14.0. The van der Waals surface area contributed by atoms with Crippen LogP contribution in [0.2, 0.25) is 0 Å². The van der Waals surface area contributed by atoms with Gasteiger partial charge in [0.25, 0.3) is 0 Å². The summed E-state index contributed by atoms with van der Waals surface area (Å²) in [5.41, 5.74) is 3.45. The fraction of sp³-hybridized carbons (Fsp3) is 0.350. The number of para-hydroxylation sites is 1. The van der Waals surface area contributed by atoms with Crippen LogP contribution in [0.1, 0.15) is 27.6 Å². The second-order valence-corrected chi connectivity index (χ2v) is 7.66. The maximum absolute atomic E-state index is 4.63. The molecular formula is C20H27IN6S. The second kappa shape index (κ2) is 11.2. The predicted octanol–water partition coefficient (Wildman–Crippen LogP) is 3.86. The molecule has 3 rings (SSSR count). The minimum atomic E-state index is 0. The van der Waals surface area contributed by atoms with E-state index in [9.17, 15) is 0 Å². The molecule has 0 aliphatic rings. The molecule has 0 saturated heterocycles. The van der Waals surface area contributed by atoms with Crippen LogP contribution in [0.3, 0.4) is 0 Å². The largest absolute Gasteiger partial charge is 0.356 e. The normalized spacial score (nSPS) is 11.2. The predicted molar refractivity (Wildman–Crippen MR) is 127 cm³/mol. The number of hydrogen-bond acceptors (Lipinski definition) is 4. The summed E-state index contributed by atoms with van der Waals surface area (Å²) in [6, 6.07) is 10.2. The number of aromatic nitrogens is 3. The molecule has 1 aromatic carbocycles. The number of nitrogens with one attached hydrogen (secondary N) is 2. The average molecular weight is 510 g/mol. The number of benzene rings is 1. The molecule has 28 heavy (non-hydrogen) atoms. The van der Waals surface area contributed by atoms with Crippen molar-refractivity contribution in [1.82, 2.24) is 25.4 Å². The summed E-state index contributed by atoms with van der Waals surface area (Å²) in [5.74, 6) is 0.805. The van der Waals surface area contributed by atoms with Crippen LogP contribution in [-0.4, -0.2) is 34.3 Å². The summed E-state index contributed by atoms with van der Waals surface area (Å²) in [7, 11) is 1.79. The Balaban J connectivity index is 0.00000280. The molecule has 0 radical (unpaired) electrons. The van der Waals surface area contributed by atoms with Crippen LogP contribution < -0.4 is 10.6 Å². The Bertz CT molecular complexity index is 887. The van der Waals surface area contributed by atoms with Crippen molar-refractivity contribution in [2.45, 2.75) is 33.2 Å². The van der Waals surface area contributed by atoms with E-state index in [1.807, 2.05) is 29.1 Å². The second-order valence-electron chi connectivity index (χ2n) is 6.34. The molecule has 0 bridgehead atoms. The van der Waals surface area contributed by atoms with E-state index < -0.39 is 0 Å². The number of nitrogens with zero attached hydrogens (tertiary/aromatic N) is 4. The lowest BCUT2D eigenvalue weighted by Gasteiger charge is -2.10. The first-order valence-electron chi connectivity index (χ1n) is 9.12. The van der Waals surface area contributed by atoms with E-state index in [2.05, 4.69) is 57.9 Å². The highest BCUT2D eigenvalue weighted by atomic mass is 127. The summed E-state index contributed by atoms with van der Waals surface area (Å²) >= 11 is 1.70. The Morgan fingerprint density at radius 3 is 2.64 bits per heavy atom. The van der Waals surface area contributed by atoms with Gasteiger partial charge in [0.1, 0.15) is 5.01 Å². The van der Waals surface area contributed by atoms with Gasteiger partial charge in [0.2, 0.25) is 0 Å². The number of guanidine groups is 1. The van der Waals surface area contributed by atoms with E-state index in [1.165, 1.54) is 10.4 Å². The highest BCUT2D eigenvalue weighted by Gasteiger charge is 2.06. The van der Waals surface area contributed by atoms with Crippen LogP contribution in [0.4, 0.5) is 0 Å². The molecular weight excluding hydrogens is 483 g/mol. The van der Waals surface area contributed by atoms with Gasteiger partial charge in [0.05, 0.1) is 17.9 Å². The van der Waals surface area contributed by atoms with Crippen molar-refractivity contribution in [3.05, 3.63) is 63.9 Å². The summed E-state index contributed by atoms with van der Waals surface area (Å²) in [5, 5.41) is 12.4. The third-order valence-electron chi connectivity index (χ3n) is 4.24. The third kappa shape index (κ3) is 6.30. The molecule has 3 aromatic rings. The van der Waals surface area contributed by atoms with E-state index in [0.29, 0.717) is 6.54 Å². The molecule has 2 heterocycles. The number of hydrogen-bond donors (Lipinski definition) is 2. The Morgan fingerprint density at radius 2 is 1.96 bits per heavy atom. The van der Waals surface area contributed by atoms with E-state index >= 15 is 0 Å². The summed E-state index contributed by atoms with van der Waals surface area (Å²) < 4.78 is 1.95. The molecule has 0 atom stereocenters. The van der Waals surface area contributed by atoms with Gasteiger partial charge in [-0.05, 0) is 44.4 Å². The van der Waals surface area contributed by atoms with Gasteiger partial charge in [-0.2, -0.15) is 5.10 Å². The fourth-order valence-corrected chi connectivity index (χ4v) is 3.53. The molecule has 0 saturated carbocycles. The molecule has 0 aliphatic carbocycles. The van der Waals surface area contributed by atoms with Crippen LogP contribution in [-0.2, 0) is 13.0 Å². The van der Waals surface area contributed by atoms with Crippen molar-refractivity contribution in [1.29, 1.82) is 0 Å². The van der Waals surface area contributed by atoms with E-state index in [0.717, 1.165) is 41.7 Å². The molecule has 0 amide bonds. The van der Waals surface area contributed by atoms with Crippen molar-refractivity contribution >= 4 is 41.3 Å². The molecule has 0 unspecified atom stereocenters. The van der Waals surface area contributed by atoms with Crippen molar-refractivity contribution in [2.24, 2.45) is 4.99 Å². The zero-order chi connectivity index (χ0) is 19.1. The Hall–Kier alpha value is -1.94. The standard InChI is InChI=1S/C20H26N6S.HI/c1-15-12-23-19(27-15)13-24-20(21-3)22-11-7-8-17-14-26(25-16(17)2)18-9-5-4-6-10-18;/h4-6,9-10,12,14H,7-8,11,13H2,1-3H3,(H2,21,22,24);1H. The number of rotatable bonds is 7. The van der Waals surface area contributed by atoms with Crippen LogP contribution in [0, 0.1) is 13.8 Å². The Kier molecular flexibility index (Phi) is 8.91. The van der Waals surface area contributed by atoms with Crippen LogP contribution in [0.15, 0.2) is 47.7 Å². The number of halogens is 1. The molecule has 8 heteroatoms. The number of thiazole rings is 1. The molecule has 150 valence electrons. The minimum absolute atomic E-state index is 0. The first kappa shape index (κ1) is 22.4. The molecule has 2 N–H and O–H groups in total. The van der Waals surface area contributed by atoms with Gasteiger partial charge in [-0.25, -0.2) is 9.67 Å². The Labute approximate surface area is 187 Å². The van der Waals surface area contributed by atoms with Gasteiger partial charge in [-0.1, -0.05) is 18.2 Å². The first-order chi connectivity index (χ1) is 13.2. The van der Waals surface area contributed by atoms with Crippen molar-refractivity contribution in [3.8, 4) is 5.69 Å². The van der Waals surface area contributed by atoms with Gasteiger partial charge < -0.3 is 10.6 Å². The maximum Gasteiger partial charge on any atom is 0.191 e. The average Bonchev–Trinajstić information content (AvgIpc) is 3.27. The van der Waals surface area contributed by atoms with Gasteiger partial charge in [-0.3, -0.25) is 4.99 Å². The third-order valence-corrected chi connectivity index (χ3v) is 5.15. The zero-order valence-corrected chi connectivity index (χ0v) is 19.6.